The number of likely N-dealkylation sites (tertiary alicyclic amines) is 2. The van der Waals surface area contributed by atoms with E-state index in [4.69, 9.17) is 5.73 Å². The Morgan fingerprint density at radius 2 is 2.00 bits per heavy atom. The van der Waals surface area contributed by atoms with Crippen molar-refractivity contribution >= 4 is 0 Å². The molecule has 2 heterocycles. The van der Waals surface area contributed by atoms with Gasteiger partial charge in [0.05, 0.1) is 0 Å². The molecule has 0 aliphatic carbocycles. The summed E-state index contributed by atoms with van der Waals surface area (Å²) in [4.78, 5) is 5.17. The number of likely N-dealkylation sites (N-methyl/N-ethyl adjacent to an activating group) is 1. The average Bonchev–Trinajstić information content (AvgIpc) is 2.85. The zero-order chi connectivity index (χ0) is 13.6. The van der Waals surface area contributed by atoms with E-state index in [9.17, 15) is 0 Å². The molecule has 2 N–H and O–H groups in total. The molecule has 0 aromatic heterocycles. The standard InChI is InChI=1S/C15H31N3/c1-12-8-15(10-16,11-17(12)5)18-7-6-13(9-18)14(2,3)4/h12-13H,6-11,16H2,1-5H3. The number of hydrogen-bond donors (Lipinski definition) is 1. The summed E-state index contributed by atoms with van der Waals surface area (Å²) in [7, 11) is 2.24. The fraction of sp³-hybridized carbons (Fsp3) is 1.00. The monoisotopic (exact) mass is 253 g/mol. The van der Waals surface area contributed by atoms with Crippen molar-refractivity contribution in [3.05, 3.63) is 0 Å². The van der Waals surface area contributed by atoms with Gasteiger partial charge in [-0.05, 0) is 44.7 Å². The van der Waals surface area contributed by atoms with Crippen molar-refractivity contribution < 1.29 is 0 Å². The summed E-state index contributed by atoms with van der Waals surface area (Å²) in [5.41, 5.74) is 6.83. The van der Waals surface area contributed by atoms with Crippen LogP contribution in [0.3, 0.4) is 0 Å². The van der Waals surface area contributed by atoms with Crippen LogP contribution in [0.25, 0.3) is 0 Å². The Kier molecular flexibility index (Phi) is 3.79. The molecule has 0 aromatic carbocycles. The normalized spacial score (nSPS) is 39.7. The van der Waals surface area contributed by atoms with Gasteiger partial charge in [-0.2, -0.15) is 0 Å². The predicted octanol–water partition coefficient (Wildman–Crippen LogP) is 1.78. The van der Waals surface area contributed by atoms with Gasteiger partial charge < -0.3 is 10.6 Å². The molecule has 0 spiro atoms. The molecule has 2 aliphatic rings. The maximum absolute atomic E-state index is 6.16. The van der Waals surface area contributed by atoms with Gasteiger partial charge in [-0.15, -0.1) is 0 Å². The second kappa shape index (κ2) is 4.77. The molecule has 0 saturated carbocycles. The lowest BCUT2D eigenvalue weighted by molar-refractivity contribution is 0.114. The lowest BCUT2D eigenvalue weighted by Crippen LogP contribution is -2.54. The van der Waals surface area contributed by atoms with E-state index in [-0.39, 0.29) is 5.54 Å². The third-order valence-corrected chi connectivity index (χ3v) is 5.44. The Bertz CT molecular complexity index is 285. The fourth-order valence-electron chi connectivity index (χ4n) is 3.79. The first-order valence-corrected chi connectivity index (χ1v) is 7.44. The smallest absolute Gasteiger partial charge is 0.0473 e. The van der Waals surface area contributed by atoms with Crippen molar-refractivity contribution in [3.63, 3.8) is 0 Å². The molecule has 2 rings (SSSR count). The third kappa shape index (κ3) is 2.45. The van der Waals surface area contributed by atoms with Crippen LogP contribution in [0.15, 0.2) is 0 Å². The Morgan fingerprint density at radius 1 is 1.33 bits per heavy atom. The average molecular weight is 253 g/mol. The maximum atomic E-state index is 6.16. The van der Waals surface area contributed by atoms with Crippen LogP contribution in [-0.4, -0.2) is 54.6 Å². The summed E-state index contributed by atoms with van der Waals surface area (Å²) in [6, 6.07) is 0.669. The van der Waals surface area contributed by atoms with E-state index in [1.54, 1.807) is 0 Å². The molecular formula is C15H31N3. The molecule has 3 nitrogen and oxygen atoms in total. The predicted molar refractivity (Wildman–Crippen MR) is 77.6 cm³/mol. The van der Waals surface area contributed by atoms with Gasteiger partial charge in [0.15, 0.2) is 0 Å². The first-order valence-electron chi connectivity index (χ1n) is 7.44. The molecule has 3 heteroatoms. The van der Waals surface area contributed by atoms with Gasteiger partial charge in [0, 0.05) is 31.2 Å². The zero-order valence-electron chi connectivity index (χ0n) is 12.9. The van der Waals surface area contributed by atoms with Crippen LogP contribution >= 0.6 is 0 Å². The minimum absolute atomic E-state index is 0.244. The second-order valence-corrected chi connectivity index (χ2v) is 7.69. The molecule has 0 radical (unpaired) electrons. The Labute approximate surface area is 113 Å². The fourth-order valence-corrected chi connectivity index (χ4v) is 3.79. The highest BCUT2D eigenvalue weighted by molar-refractivity contribution is 5.05. The van der Waals surface area contributed by atoms with Crippen molar-refractivity contribution in [2.45, 2.75) is 52.1 Å². The molecule has 0 aromatic rings. The van der Waals surface area contributed by atoms with Crippen LogP contribution in [0.1, 0.15) is 40.5 Å². The largest absolute Gasteiger partial charge is 0.329 e. The third-order valence-electron chi connectivity index (χ3n) is 5.44. The van der Waals surface area contributed by atoms with E-state index in [1.807, 2.05) is 0 Å². The highest BCUT2D eigenvalue weighted by Crippen LogP contribution is 2.39. The molecule has 106 valence electrons. The zero-order valence-corrected chi connectivity index (χ0v) is 12.9. The van der Waals surface area contributed by atoms with Crippen molar-refractivity contribution in [1.82, 2.24) is 9.80 Å². The molecule has 3 unspecified atom stereocenters. The van der Waals surface area contributed by atoms with Crippen LogP contribution in [0, 0.1) is 11.3 Å². The lowest BCUT2D eigenvalue weighted by Gasteiger charge is -2.39. The van der Waals surface area contributed by atoms with Crippen LogP contribution in [-0.2, 0) is 0 Å². The Morgan fingerprint density at radius 3 is 2.39 bits per heavy atom. The number of nitrogens with zero attached hydrogens (tertiary/aromatic N) is 2. The SMILES string of the molecule is CC1CC(CN)(N2CCC(C(C)(C)C)C2)CN1C. The van der Waals surface area contributed by atoms with Crippen molar-refractivity contribution in [2.75, 3.05) is 33.2 Å². The van der Waals surface area contributed by atoms with Crippen molar-refractivity contribution in [2.24, 2.45) is 17.1 Å². The summed E-state index contributed by atoms with van der Waals surface area (Å²) >= 11 is 0. The number of nitrogens with two attached hydrogens (primary N) is 1. The molecule has 0 bridgehead atoms. The van der Waals surface area contributed by atoms with Crippen molar-refractivity contribution in [1.29, 1.82) is 0 Å². The molecule has 2 saturated heterocycles. The molecule has 2 fully saturated rings. The Balaban J connectivity index is 2.08. The summed E-state index contributed by atoms with van der Waals surface area (Å²) < 4.78 is 0. The molecule has 3 atom stereocenters. The van der Waals surface area contributed by atoms with Gasteiger partial charge >= 0.3 is 0 Å². The molecule has 18 heavy (non-hydrogen) atoms. The lowest BCUT2D eigenvalue weighted by atomic mass is 9.80. The number of rotatable bonds is 2. The highest BCUT2D eigenvalue weighted by Gasteiger charge is 2.47. The minimum atomic E-state index is 0.244. The second-order valence-electron chi connectivity index (χ2n) is 7.69. The van der Waals surface area contributed by atoms with E-state index in [1.165, 1.54) is 25.9 Å². The van der Waals surface area contributed by atoms with E-state index in [2.05, 4.69) is 44.5 Å². The molecular weight excluding hydrogens is 222 g/mol. The van der Waals surface area contributed by atoms with E-state index >= 15 is 0 Å². The molecule has 2 aliphatic heterocycles. The topological polar surface area (TPSA) is 32.5 Å². The summed E-state index contributed by atoms with van der Waals surface area (Å²) in [6.45, 7) is 13.9. The van der Waals surface area contributed by atoms with Gasteiger partial charge in [0.25, 0.3) is 0 Å². The van der Waals surface area contributed by atoms with E-state index in [0.29, 0.717) is 11.5 Å². The van der Waals surface area contributed by atoms with Gasteiger partial charge in [-0.25, -0.2) is 0 Å². The van der Waals surface area contributed by atoms with E-state index in [0.717, 1.165) is 19.0 Å². The highest BCUT2D eigenvalue weighted by atomic mass is 15.3. The Hall–Kier alpha value is -0.120. The summed E-state index contributed by atoms with van der Waals surface area (Å²) in [5.74, 6) is 0.821. The number of hydrogen-bond acceptors (Lipinski definition) is 3. The van der Waals surface area contributed by atoms with Crippen LogP contribution in [0.4, 0.5) is 0 Å². The molecule has 0 amide bonds. The van der Waals surface area contributed by atoms with Crippen LogP contribution in [0.2, 0.25) is 0 Å². The van der Waals surface area contributed by atoms with E-state index < -0.39 is 0 Å². The summed E-state index contributed by atoms with van der Waals surface area (Å²) in [5, 5.41) is 0. The van der Waals surface area contributed by atoms with Gasteiger partial charge in [0.2, 0.25) is 0 Å². The first kappa shape index (κ1) is 14.3. The maximum Gasteiger partial charge on any atom is 0.0473 e. The van der Waals surface area contributed by atoms with Crippen molar-refractivity contribution in [3.8, 4) is 0 Å². The van der Waals surface area contributed by atoms with Gasteiger partial charge in [-0.1, -0.05) is 20.8 Å². The summed E-state index contributed by atoms with van der Waals surface area (Å²) in [6.07, 6.45) is 2.57. The minimum Gasteiger partial charge on any atom is -0.329 e. The van der Waals surface area contributed by atoms with Gasteiger partial charge in [-0.3, -0.25) is 4.90 Å². The first-order chi connectivity index (χ1) is 8.28. The van der Waals surface area contributed by atoms with Gasteiger partial charge in [0.1, 0.15) is 0 Å². The van der Waals surface area contributed by atoms with Crippen LogP contribution in [0.5, 0.6) is 0 Å². The van der Waals surface area contributed by atoms with Crippen LogP contribution < -0.4 is 5.73 Å². The quantitative estimate of drug-likeness (QED) is 0.814.